The Morgan fingerprint density at radius 2 is 1.58 bits per heavy atom. The lowest BCUT2D eigenvalue weighted by Gasteiger charge is -2.15. The topological polar surface area (TPSA) is 107 Å². The van der Waals surface area contributed by atoms with E-state index in [0.717, 1.165) is 22.3 Å². The van der Waals surface area contributed by atoms with E-state index < -0.39 is 18.1 Å². The Balaban J connectivity index is 0.00000208. The zero-order valence-corrected chi connectivity index (χ0v) is 13.2. The molecule has 0 bridgehead atoms. The smallest absolute Gasteiger partial charge is 0.407 e. The standard InChI is InChI=1S/C18H17NO4.H2O/c1-11(17(20)21)19-18(22)23-10-16-14-8-4-2-6-12(14)13-7-3-5-9-15(13)16;/h2-9,11,16H,10H2,1H3,(H,19,22)(H,20,21);1H2/t11-;/m0./s1/i19+1;. The van der Waals surface area contributed by atoms with E-state index in [9.17, 15) is 9.59 Å². The number of hydrogen-bond donors (Lipinski definition) is 2. The largest absolute Gasteiger partial charge is 0.480 e. The van der Waals surface area contributed by atoms with Crippen molar-refractivity contribution in [1.82, 2.24) is 5.32 Å². The van der Waals surface area contributed by atoms with Gasteiger partial charge in [-0.05, 0) is 29.2 Å². The van der Waals surface area contributed by atoms with Crippen molar-refractivity contribution >= 4 is 12.1 Å². The number of amides is 1. The van der Waals surface area contributed by atoms with Crippen LogP contribution < -0.4 is 5.32 Å². The lowest BCUT2D eigenvalue weighted by Crippen LogP contribution is -2.39. The van der Waals surface area contributed by atoms with Crippen molar-refractivity contribution in [1.29, 1.82) is 0 Å². The number of carbonyl (C=O) groups excluding carboxylic acids is 1. The van der Waals surface area contributed by atoms with Crippen LogP contribution in [-0.2, 0) is 9.53 Å². The molecule has 0 radical (unpaired) electrons. The Morgan fingerprint density at radius 3 is 2.08 bits per heavy atom. The molecule has 1 amide bonds. The number of alkyl carbamates (subject to hydrolysis) is 1. The van der Waals surface area contributed by atoms with Crippen LogP contribution in [0.3, 0.4) is 0 Å². The number of carboxylic acid groups (broad SMARTS) is 1. The molecule has 2 aromatic carbocycles. The summed E-state index contributed by atoms with van der Waals surface area (Å²) in [5.41, 5.74) is 4.53. The van der Waals surface area contributed by atoms with Gasteiger partial charge < -0.3 is 20.6 Å². The number of carboxylic acids is 1. The minimum atomic E-state index is -1.10. The Hall–Kier alpha value is -2.86. The van der Waals surface area contributed by atoms with E-state index in [-0.39, 0.29) is 18.0 Å². The highest BCUT2D eigenvalue weighted by Crippen LogP contribution is 2.44. The van der Waals surface area contributed by atoms with Gasteiger partial charge in [0, 0.05) is 5.92 Å². The predicted octanol–water partition coefficient (Wildman–Crippen LogP) is 2.17. The van der Waals surface area contributed by atoms with Crippen LogP contribution in [-0.4, -0.2) is 35.3 Å². The molecule has 1 aliphatic carbocycles. The molecule has 1 aliphatic rings. The molecule has 126 valence electrons. The predicted molar refractivity (Wildman–Crippen MR) is 88.9 cm³/mol. The molecule has 0 spiro atoms. The second kappa shape index (κ2) is 7.14. The van der Waals surface area contributed by atoms with Crippen molar-refractivity contribution in [3.8, 4) is 11.1 Å². The van der Waals surface area contributed by atoms with E-state index in [1.165, 1.54) is 6.92 Å². The van der Waals surface area contributed by atoms with Crippen molar-refractivity contribution in [3.63, 3.8) is 0 Å². The van der Waals surface area contributed by atoms with Gasteiger partial charge in [-0.1, -0.05) is 48.5 Å². The maximum atomic E-state index is 11.7. The van der Waals surface area contributed by atoms with E-state index >= 15 is 0 Å². The van der Waals surface area contributed by atoms with E-state index in [2.05, 4.69) is 17.4 Å². The van der Waals surface area contributed by atoms with Gasteiger partial charge >= 0.3 is 12.1 Å². The summed E-state index contributed by atoms with van der Waals surface area (Å²) in [4.78, 5) is 22.5. The van der Waals surface area contributed by atoms with Gasteiger partial charge in [-0.2, -0.15) is 0 Å². The summed E-state index contributed by atoms with van der Waals surface area (Å²) >= 11 is 0. The molecule has 6 nitrogen and oxygen atoms in total. The summed E-state index contributed by atoms with van der Waals surface area (Å²) in [7, 11) is 0. The van der Waals surface area contributed by atoms with Crippen molar-refractivity contribution in [2.24, 2.45) is 0 Å². The summed E-state index contributed by atoms with van der Waals surface area (Å²) in [6.07, 6.45) is -0.721. The fraction of sp³-hybridized carbons (Fsp3) is 0.222. The van der Waals surface area contributed by atoms with Gasteiger partial charge in [-0.15, -0.1) is 0 Å². The highest BCUT2D eigenvalue weighted by molar-refractivity contribution is 5.80. The second-order valence-electron chi connectivity index (χ2n) is 5.53. The Bertz CT molecular complexity index is 713. The van der Waals surface area contributed by atoms with Crippen LogP contribution in [0, 0.1) is 0 Å². The quantitative estimate of drug-likeness (QED) is 0.838. The van der Waals surface area contributed by atoms with Crippen LogP contribution in [0.4, 0.5) is 4.79 Å². The van der Waals surface area contributed by atoms with Crippen LogP contribution in [0.25, 0.3) is 11.1 Å². The summed E-state index contributed by atoms with van der Waals surface area (Å²) in [5, 5.41) is 11.1. The molecule has 0 saturated carbocycles. The lowest BCUT2D eigenvalue weighted by molar-refractivity contribution is -0.138. The molecule has 2 aromatic rings. The molecule has 0 aliphatic heterocycles. The fourth-order valence-electron chi connectivity index (χ4n) is 2.88. The van der Waals surface area contributed by atoms with Crippen LogP contribution in [0.1, 0.15) is 24.0 Å². The Morgan fingerprint density at radius 1 is 1.08 bits per heavy atom. The number of benzene rings is 2. The zero-order chi connectivity index (χ0) is 16.4. The van der Waals surface area contributed by atoms with E-state index in [1.807, 2.05) is 36.4 Å². The molecule has 4 N–H and O–H groups in total. The van der Waals surface area contributed by atoms with Gasteiger partial charge in [0.25, 0.3) is 0 Å². The fourth-order valence-corrected chi connectivity index (χ4v) is 2.88. The first-order valence-corrected chi connectivity index (χ1v) is 7.42. The van der Waals surface area contributed by atoms with Gasteiger partial charge in [0.15, 0.2) is 0 Å². The second-order valence-corrected chi connectivity index (χ2v) is 5.53. The Kier molecular flexibility index (Phi) is 5.21. The summed E-state index contributed by atoms with van der Waals surface area (Å²) in [5.74, 6) is -1.13. The molecular weight excluding hydrogens is 311 g/mol. The van der Waals surface area contributed by atoms with E-state index in [0.29, 0.717) is 0 Å². The zero-order valence-electron chi connectivity index (χ0n) is 13.2. The first-order chi connectivity index (χ1) is 11.1. The molecule has 6 heteroatoms. The molecule has 0 heterocycles. The number of nitrogens with one attached hydrogen (secondary N) is 1. The molecule has 3 rings (SSSR count). The maximum absolute atomic E-state index is 11.7. The lowest BCUT2D eigenvalue weighted by atomic mass is 9.98. The molecule has 0 unspecified atom stereocenters. The minimum Gasteiger partial charge on any atom is -0.480 e. The third-order valence-corrected chi connectivity index (χ3v) is 4.05. The third kappa shape index (κ3) is 3.23. The van der Waals surface area contributed by atoms with Crippen molar-refractivity contribution in [2.75, 3.05) is 6.61 Å². The van der Waals surface area contributed by atoms with Crippen molar-refractivity contribution < 1.29 is 24.9 Å². The molecule has 1 atom stereocenters. The molecular formula is C18H19NO5. The highest BCUT2D eigenvalue weighted by Gasteiger charge is 2.29. The number of ether oxygens (including phenoxy) is 1. The van der Waals surface area contributed by atoms with Crippen molar-refractivity contribution in [3.05, 3.63) is 59.7 Å². The number of hydrogen-bond acceptors (Lipinski definition) is 3. The average molecular weight is 330 g/mol. The maximum Gasteiger partial charge on any atom is 0.407 e. The van der Waals surface area contributed by atoms with Crippen LogP contribution in [0.5, 0.6) is 0 Å². The third-order valence-electron chi connectivity index (χ3n) is 4.05. The molecule has 24 heavy (non-hydrogen) atoms. The number of carbonyl (C=O) groups is 2. The van der Waals surface area contributed by atoms with Crippen molar-refractivity contribution in [2.45, 2.75) is 18.9 Å². The van der Waals surface area contributed by atoms with E-state index in [1.54, 1.807) is 0 Å². The summed E-state index contributed by atoms with van der Waals surface area (Å²) < 4.78 is 5.25. The Labute approximate surface area is 139 Å². The average Bonchev–Trinajstić information content (AvgIpc) is 2.87. The monoisotopic (exact) mass is 330 g/mol. The first-order valence-electron chi connectivity index (χ1n) is 7.42. The van der Waals surface area contributed by atoms with Gasteiger partial charge in [0.05, 0.1) is 0 Å². The van der Waals surface area contributed by atoms with Crippen LogP contribution in [0.2, 0.25) is 0 Å². The van der Waals surface area contributed by atoms with E-state index in [4.69, 9.17) is 9.84 Å². The first kappa shape index (κ1) is 17.5. The van der Waals surface area contributed by atoms with Crippen LogP contribution >= 0.6 is 0 Å². The van der Waals surface area contributed by atoms with Gasteiger partial charge in [0.1, 0.15) is 12.6 Å². The summed E-state index contributed by atoms with van der Waals surface area (Å²) in [6, 6.07) is 15.1. The number of aliphatic carboxylic acids is 1. The van der Waals surface area contributed by atoms with Gasteiger partial charge in [0.2, 0.25) is 0 Å². The number of rotatable bonds is 4. The normalized spacial score (nSPS) is 13.2. The molecule has 0 aromatic heterocycles. The van der Waals surface area contributed by atoms with Gasteiger partial charge in [-0.25, -0.2) is 4.79 Å². The minimum absolute atomic E-state index is 0. The van der Waals surface area contributed by atoms with Gasteiger partial charge in [-0.3, -0.25) is 4.79 Å². The molecule has 0 saturated heterocycles. The SMILES string of the molecule is C[C@H]([15NH]C(=O)OCC1c2ccccc2-c2ccccc21)C(=O)O.O. The molecule has 0 fully saturated rings. The highest BCUT2D eigenvalue weighted by atomic mass is 16.6. The number of fused-ring (bicyclic) bond motifs is 3. The van der Waals surface area contributed by atoms with Crippen LogP contribution in [0.15, 0.2) is 48.5 Å². The summed E-state index contributed by atoms with van der Waals surface area (Å²) in [6.45, 7) is 1.57.